The number of hydrogen-bond acceptors (Lipinski definition) is 5. The lowest BCUT2D eigenvalue weighted by Crippen LogP contribution is -2.35. The van der Waals surface area contributed by atoms with E-state index in [1.54, 1.807) is 0 Å². The molecule has 102 valence electrons. The molecule has 1 unspecified atom stereocenters. The smallest absolute Gasteiger partial charge is 0.258 e. The van der Waals surface area contributed by atoms with Gasteiger partial charge < -0.3 is 10.1 Å². The summed E-state index contributed by atoms with van der Waals surface area (Å²) in [4.78, 5) is 0. The van der Waals surface area contributed by atoms with Crippen molar-refractivity contribution in [2.45, 2.75) is 31.0 Å². The monoisotopic (exact) mass is 274 g/mol. The Labute approximate surface area is 106 Å². The predicted molar refractivity (Wildman–Crippen MR) is 65.5 cm³/mol. The van der Waals surface area contributed by atoms with E-state index >= 15 is 0 Å². The Morgan fingerprint density at radius 1 is 1.61 bits per heavy atom. The molecule has 0 spiro atoms. The minimum Gasteiger partial charge on any atom is -0.380 e. The zero-order valence-electron chi connectivity index (χ0n) is 10.3. The van der Waals surface area contributed by atoms with E-state index in [9.17, 15) is 8.42 Å². The van der Waals surface area contributed by atoms with Crippen molar-refractivity contribution in [3.8, 4) is 0 Å². The van der Waals surface area contributed by atoms with Gasteiger partial charge in [0.15, 0.2) is 5.03 Å². The maximum Gasteiger partial charge on any atom is 0.258 e. The van der Waals surface area contributed by atoms with Gasteiger partial charge in [-0.05, 0) is 13.0 Å². The van der Waals surface area contributed by atoms with Crippen LogP contribution in [0.1, 0.15) is 18.9 Å². The van der Waals surface area contributed by atoms with Crippen molar-refractivity contribution in [3.63, 3.8) is 0 Å². The molecule has 3 N–H and O–H groups in total. The van der Waals surface area contributed by atoms with Gasteiger partial charge in [0.2, 0.25) is 0 Å². The lowest BCUT2D eigenvalue weighted by atomic mass is 10.3. The molecule has 2 heterocycles. The third-order valence-electron chi connectivity index (χ3n) is 2.76. The molecular formula is C10H18N4O3S. The van der Waals surface area contributed by atoms with E-state index < -0.39 is 10.0 Å². The van der Waals surface area contributed by atoms with Crippen LogP contribution in [0.5, 0.6) is 0 Å². The fourth-order valence-electron chi connectivity index (χ4n) is 1.82. The van der Waals surface area contributed by atoms with Gasteiger partial charge in [-0.1, -0.05) is 6.92 Å². The Balaban J connectivity index is 2.10. The third kappa shape index (κ3) is 3.08. The first-order chi connectivity index (χ1) is 8.63. The predicted octanol–water partition coefficient (Wildman–Crippen LogP) is -0.414. The van der Waals surface area contributed by atoms with Gasteiger partial charge in [0.25, 0.3) is 10.0 Å². The fourth-order valence-corrected chi connectivity index (χ4v) is 3.21. The van der Waals surface area contributed by atoms with Crippen molar-refractivity contribution in [3.05, 3.63) is 11.8 Å². The molecule has 0 radical (unpaired) electrons. The highest BCUT2D eigenvalue weighted by Crippen LogP contribution is 2.14. The standard InChI is InChI=1S/C10H18N4O3S/c1-2-11-5-8-6-12-13-10(8)18(15,16)14-9-3-4-17-7-9/h6,9,11,14H,2-5,7H2,1H3,(H,12,13). The minimum absolute atomic E-state index is 0.135. The van der Waals surface area contributed by atoms with Crippen LogP contribution in [0.15, 0.2) is 11.2 Å². The van der Waals surface area contributed by atoms with E-state index in [-0.39, 0.29) is 11.1 Å². The zero-order valence-corrected chi connectivity index (χ0v) is 11.1. The molecule has 18 heavy (non-hydrogen) atoms. The lowest BCUT2D eigenvalue weighted by molar-refractivity contribution is 0.192. The number of aromatic nitrogens is 2. The molecular weight excluding hydrogens is 256 g/mol. The second-order valence-corrected chi connectivity index (χ2v) is 5.84. The fraction of sp³-hybridized carbons (Fsp3) is 0.700. The number of nitrogens with one attached hydrogen (secondary N) is 3. The van der Waals surface area contributed by atoms with Crippen LogP contribution in [0.25, 0.3) is 0 Å². The Kier molecular flexibility index (Phi) is 4.33. The van der Waals surface area contributed by atoms with Crippen LogP contribution in [0.3, 0.4) is 0 Å². The second-order valence-electron chi connectivity index (χ2n) is 4.19. The summed E-state index contributed by atoms with van der Waals surface area (Å²) in [6, 6.07) is -0.148. The van der Waals surface area contributed by atoms with E-state index in [1.807, 2.05) is 6.92 Å². The first-order valence-corrected chi connectivity index (χ1v) is 7.45. The highest BCUT2D eigenvalue weighted by Gasteiger charge is 2.26. The third-order valence-corrected chi connectivity index (χ3v) is 4.30. The van der Waals surface area contributed by atoms with Crippen LogP contribution in [0.4, 0.5) is 0 Å². The van der Waals surface area contributed by atoms with Gasteiger partial charge in [-0.15, -0.1) is 0 Å². The van der Waals surface area contributed by atoms with Crippen LogP contribution in [-0.4, -0.2) is 44.4 Å². The summed E-state index contributed by atoms with van der Waals surface area (Å²) in [5.74, 6) is 0. The molecule has 0 bridgehead atoms. The molecule has 7 nitrogen and oxygen atoms in total. The van der Waals surface area contributed by atoms with E-state index in [1.165, 1.54) is 6.20 Å². The Bertz CT molecular complexity index is 479. The van der Waals surface area contributed by atoms with Crippen molar-refractivity contribution in [2.75, 3.05) is 19.8 Å². The number of rotatable bonds is 6. The van der Waals surface area contributed by atoms with Crippen molar-refractivity contribution in [1.82, 2.24) is 20.2 Å². The first-order valence-electron chi connectivity index (χ1n) is 5.96. The summed E-state index contributed by atoms with van der Waals surface area (Å²) < 4.78 is 32.1. The van der Waals surface area contributed by atoms with Crippen LogP contribution in [-0.2, 0) is 21.3 Å². The van der Waals surface area contributed by atoms with Gasteiger partial charge >= 0.3 is 0 Å². The van der Waals surface area contributed by atoms with E-state index in [0.717, 1.165) is 6.54 Å². The number of hydrogen-bond donors (Lipinski definition) is 3. The van der Waals surface area contributed by atoms with E-state index in [2.05, 4.69) is 20.2 Å². The molecule has 0 saturated carbocycles. The number of H-pyrrole nitrogens is 1. The number of ether oxygens (including phenoxy) is 1. The first kappa shape index (κ1) is 13.5. The number of nitrogens with zero attached hydrogens (tertiary/aromatic N) is 1. The summed E-state index contributed by atoms with van der Waals surface area (Å²) in [6.45, 7) is 4.23. The summed E-state index contributed by atoms with van der Waals surface area (Å²) in [5.41, 5.74) is 0.642. The van der Waals surface area contributed by atoms with Gasteiger partial charge in [-0.2, -0.15) is 5.10 Å². The Morgan fingerprint density at radius 2 is 2.44 bits per heavy atom. The van der Waals surface area contributed by atoms with E-state index in [4.69, 9.17) is 4.74 Å². The molecule has 8 heteroatoms. The zero-order chi connectivity index (χ0) is 13.0. The Hall–Kier alpha value is -0.960. The summed E-state index contributed by atoms with van der Waals surface area (Å²) >= 11 is 0. The quantitative estimate of drug-likeness (QED) is 0.655. The molecule has 1 aliphatic heterocycles. The molecule has 1 atom stereocenters. The summed E-state index contributed by atoms with van der Waals surface area (Å²) in [7, 11) is -3.55. The molecule has 1 fully saturated rings. The van der Waals surface area contributed by atoms with Crippen LogP contribution >= 0.6 is 0 Å². The topological polar surface area (TPSA) is 96.1 Å². The van der Waals surface area contributed by atoms with Crippen molar-refractivity contribution in [1.29, 1.82) is 0 Å². The summed E-state index contributed by atoms with van der Waals surface area (Å²) in [6.07, 6.45) is 2.23. The average molecular weight is 274 g/mol. The largest absolute Gasteiger partial charge is 0.380 e. The van der Waals surface area contributed by atoms with Gasteiger partial charge in [-0.25, -0.2) is 13.1 Å². The molecule has 2 rings (SSSR count). The average Bonchev–Trinajstić information content (AvgIpc) is 2.96. The normalized spacial score (nSPS) is 20.4. The van der Waals surface area contributed by atoms with Crippen LogP contribution in [0, 0.1) is 0 Å². The molecule has 1 aromatic rings. The van der Waals surface area contributed by atoms with Crippen molar-refractivity contribution < 1.29 is 13.2 Å². The van der Waals surface area contributed by atoms with Gasteiger partial charge in [0.1, 0.15) is 0 Å². The highest BCUT2D eigenvalue weighted by molar-refractivity contribution is 7.89. The SMILES string of the molecule is CCNCc1cn[nH]c1S(=O)(=O)NC1CCOC1. The molecule has 1 aliphatic rings. The van der Waals surface area contributed by atoms with E-state index in [0.29, 0.717) is 31.7 Å². The maximum atomic E-state index is 12.2. The minimum atomic E-state index is -3.55. The van der Waals surface area contributed by atoms with Crippen LogP contribution < -0.4 is 10.0 Å². The van der Waals surface area contributed by atoms with Crippen LogP contribution in [0.2, 0.25) is 0 Å². The molecule has 1 aromatic heterocycles. The maximum absolute atomic E-state index is 12.2. The van der Waals surface area contributed by atoms with Gasteiger partial charge in [0.05, 0.1) is 12.8 Å². The van der Waals surface area contributed by atoms with Crippen molar-refractivity contribution >= 4 is 10.0 Å². The molecule has 0 aliphatic carbocycles. The molecule has 0 aromatic carbocycles. The number of aromatic amines is 1. The molecule has 1 saturated heterocycles. The second kappa shape index (κ2) is 5.79. The lowest BCUT2D eigenvalue weighted by Gasteiger charge is -2.11. The summed E-state index contributed by atoms with van der Waals surface area (Å²) in [5, 5.41) is 9.56. The van der Waals surface area contributed by atoms with Gasteiger partial charge in [0, 0.05) is 24.8 Å². The van der Waals surface area contributed by atoms with Gasteiger partial charge in [-0.3, -0.25) is 5.10 Å². The number of sulfonamides is 1. The molecule has 0 amide bonds. The van der Waals surface area contributed by atoms with Crippen molar-refractivity contribution in [2.24, 2.45) is 0 Å². The highest BCUT2D eigenvalue weighted by atomic mass is 32.2. The Morgan fingerprint density at radius 3 is 3.11 bits per heavy atom.